The van der Waals surface area contributed by atoms with Gasteiger partial charge in [0.25, 0.3) is 0 Å². The van der Waals surface area contributed by atoms with E-state index in [0.717, 1.165) is 97.9 Å². The molecule has 1 aliphatic rings. The number of thiophene rings is 1. The summed E-state index contributed by atoms with van der Waals surface area (Å²) in [5, 5.41) is 3.68. The molecule has 0 amide bonds. The number of hydrogen-bond acceptors (Lipinski definition) is 5. The zero-order valence-electron chi connectivity index (χ0n) is 65.2. The SMILES string of the molecule is [2H]c1cc(C([2H])([2H])C(C)(C)C)cc(-n2c3[c-]c(Oc4[c-]c(N5[CH-]N(c6c(-c7cc(C(C)(C)C)cc(C(C)(C)C)c7)cc(C(C)(C)C)cc6-c6c([2H])c([2H])c([2H])c([2H])c6[2H])c6ccccc65)cc(-c5c(C(C)(C)C)cccc5C(C)(C)C)c4)ccc3c3c4sc5c([N+]#[C-])cccc5c4ccc32)n1.[Pt]. The molecule has 4 heterocycles. The molecule has 6 nitrogen and oxygen atoms in total. The number of fused-ring (bicyclic) bond motifs is 8. The second-order valence-electron chi connectivity index (χ2n) is 31.1. The van der Waals surface area contributed by atoms with Crippen molar-refractivity contribution in [3.63, 3.8) is 0 Å². The van der Waals surface area contributed by atoms with Crippen molar-refractivity contribution in [1.29, 1.82) is 0 Å². The van der Waals surface area contributed by atoms with E-state index in [1.165, 1.54) is 6.07 Å². The van der Waals surface area contributed by atoms with Crippen LogP contribution in [0.3, 0.4) is 0 Å². The molecule has 1 aliphatic heterocycles. The topological polar surface area (TPSA) is 37.9 Å². The molecule has 3 aromatic heterocycles. The Balaban J connectivity index is 0.00000982. The molecule has 0 atom stereocenters. The number of anilines is 4. The number of pyridine rings is 1. The summed E-state index contributed by atoms with van der Waals surface area (Å²) in [6, 6.07) is 52.6. The number of hydrogen-bond donors (Lipinski definition) is 0. The number of rotatable bonds is 9. The van der Waals surface area contributed by atoms with Crippen LogP contribution in [-0.2, 0) is 54.5 Å². The van der Waals surface area contributed by atoms with Crippen LogP contribution >= 0.6 is 11.3 Å². The number of para-hydroxylation sites is 2. The van der Waals surface area contributed by atoms with Crippen LogP contribution in [0.4, 0.5) is 28.4 Å². The van der Waals surface area contributed by atoms with E-state index in [1.807, 2.05) is 86.6 Å². The summed E-state index contributed by atoms with van der Waals surface area (Å²) in [6.07, 6.45) is -1.94. The van der Waals surface area contributed by atoms with Gasteiger partial charge in [0.2, 0.25) is 5.69 Å². The van der Waals surface area contributed by atoms with E-state index in [0.29, 0.717) is 51.0 Å². The van der Waals surface area contributed by atoms with Crippen LogP contribution < -0.4 is 14.5 Å². The maximum Gasteiger partial charge on any atom is 0.204 e. The normalized spacial score (nSPS) is 14.6. The fourth-order valence-electron chi connectivity index (χ4n) is 13.0. The molecule has 9 aromatic carbocycles. The van der Waals surface area contributed by atoms with Gasteiger partial charge in [0.15, 0.2) is 0 Å². The fourth-order valence-corrected chi connectivity index (χ4v) is 14.3. The van der Waals surface area contributed by atoms with Crippen molar-refractivity contribution in [2.75, 3.05) is 9.80 Å². The van der Waals surface area contributed by atoms with Crippen molar-refractivity contribution in [2.24, 2.45) is 5.41 Å². The van der Waals surface area contributed by atoms with Crippen LogP contribution in [-0.4, -0.2) is 9.55 Å². The summed E-state index contributed by atoms with van der Waals surface area (Å²) in [6.45, 7) is 48.8. The van der Waals surface area contributed by atoms with Crippen LogP contribution in [0.15, 0.2) is 176 Å². The largest absolute Gasteiger partial charge is 0.509 e. The number of aromatic nitrogens is 2. The van der Waals surface area contributed by atoms with Gasteiger partial charge in [-0.2, -0.15) is 6.07 Å². The molecule has 0 saturated heterocycles. The summed E-state index contributed by atoms with van der Waals surface area (Å²) < 4.78 is 85.7. The molecule has 0 spiro atoms. The molecule has 0 N–H and O–H groups in total. The molecule has 94 heavy (non-hydrogen) atoms. The minimum atomic E-state index is -1.85. The van der Waals surface area contributed by atoms with Gasteiger partial charge in [0, 0.05) is 84.6 Å². The van der Waals surface area contributed by atoms with Gasteiger partial charge in [0.1, 0.15) is 5.82 Å². The van der Waals surface area contributed by atoms with Crippen LogP contribution in [0.5, 0.6) is 11.5 Å². The van der Waals surface area contributed by atoms with E-state index in [2.05, 4.69) is 203 Å². The van der Waals surface area contributed by atoms with E-state index in [-0.39, 0.29) is 66.5 Å². The third-order valence-corrected chi connectivity index (χ3v) is 18.9. The molecule has 13 rings (SSSR count). The van der Waals surface area contributed by atoms with E-state index < -0.39 is 35.3 Å². The monoisotopic (exact) mass is 1440 g/mol. The quantitative estimate of drug-likeness (QED) is 0.135. The molecule has 0 aliphatic carbocycles. The third-order valence-electron chi connectivity index (χ3n) is 17.7. The standard InChI is InChI=1S/C86H86N5OS.Pt/c1-81(2,3)51-53-39-40-88-75(41-53)91-73-38-37-64-63-29-25-32-70(87-19)79(63)93-80(64)77(73)65-36-35-61(50-74(65)91)92-62-45-56(76-68(85(13,14)15)30-26-31-69(76)86(16,17)18)44-60(49-62)89-52-90(72-34-24-23-33-71(72)89)78-66(54-27-21-20-22-28-54)47-59(84(10,11)12)48-67(78)55-42-57(82(4,5)6)46-58(43-55)83(7,8)9;/h20-48,52H,51H2,1-18H3;/q-3;/i20D,21D,22D,27D,28D,40D,51D2;. The van der Waals surface area contributed by atoms with Gasteiger partial charge in [-0.1, -0.05) is 233 Å². The minimum Gasteiger partial charge on any atom is -0.509 e. The molecule has 480 valence electrons. The van der Waals surface area contributed by atoms with E-state index in [1.54, 1.807) is 17.4 Å². The number of nitrogens with zero attached hydrogens (tertiary/aromatic N) is 5. The van der Waals surface area contributed by atoms with Crippen LogP contribution in [0, 0.1) is 30.8 Å². The predicted octanol–water partition coefficient (Wildman–Crippen LogP) is 25.0. The zero-order valence-corrected chi connectivity index (χ0v) is 60.3. The van der Waals surface area contributed by atoms with Crippen LogP contribution in [0.2, 0.25) is 0 Å². The third kappa shape index (κ3) is 12.3. The Labute approximate surface area is 588 Å². The molecule has 0 unspecified atom stereocenters. The van der Waals surface area contributed by atoms with Crippen molar-refractivity contribution >= 4 is 81.8 Å². The average molecular weight is 1440 g/mol. The van der Waals surface area contributed by atoms with Gasteiger partial charge in [-0.05, 0) is 148 Å². The van der Waals surface area contributed by atoms with Crippen molar-refractivity contribution in [2.45, 2.75) is 158 Å². The summed E-state index contributed by atoms with van der Waals surface area (Å²) in [7, 11) is 0. The van der Waals surface area contributed by atoms with E-state index >= 15 is 0 Å². The molecular weight excluding hydrogens is 1350 g/mol. The van der Waals surface area contributed by atoms with Crippen LogP contribution in [0.25, 0.3) is 86.0 Å². The zero-order chi connectivity index (χ0) is 73.1. The van der Waals surface area contributed by atoms with Crippen molar-refractivity contribution in [3.8, 4) is 50.7 Å². The van der Waals surface area contributed by atoms with Crippen molar-refractivity contribution in [3.05, 3.63) is 240 Å². The average Bonchev–Trinajstić information content (AvgIpc) is 1.53. The summed E-state index contributed by atoms with van der Waals surface area (Å²) in [5.41, 5.74) is 12.2. The second-order valence-corrected chi connectivity index (χ2v) is 32.1. The van der Waals surface area contributed by atoms with Crippen LogP contribution in [0.1, 0.15) is 169 Å². The first-order valence-electron chi connectivity index (χ1n) is 36.1. The van der Waals surface area contributed by atoms with Gasteiger partial charge in [-0.25, -0.2) is 9.83 Å². The maximum atomic E-state index is 9.72. The molecule has 0 fully saturated rings. The Morgan fingerprint density at radius 2 is 1.16 bits per heavy atom. The Morgan fingerprint density at radius 3 is 1.78 bits per heavy atom. The minimum absolute atomic E-state index is 0. The molecule has 0 bridgehead atoms. The predicted molar refractivity (Wildman–Crippen MR) is 396 cm³/mol. The second kappa shape index (κ2) is 23.9. The molecular formula is C86H86N5OPtS-3. The first-order chi connectivity index (χ1) is 47.1. The Morgan fingerprint density at radius 1 is 0.564 bits per heavy atom. The van der Waals surface area contributed by atoms with Gasteiger partial charge >= 0.3 is 0 Å². The fraction of sp³-hybridized carbons (Fsp3) is 0.291. The maximum absolute atomic E-state index is 9.72. The van der Waals surface area contributed by atoms with Gasteiger partial charge < -0.3 is 19.1 Å². The van der Waals surface area contributed by atoms with Crippen molar-refractivity contribution < 1.29 is 36.8 Å². The van der Waals surface area contributed by atoms with Gasteiger partial charge in [-0.15, -0.1) is 65.0 Å². The number of benzene rings is 9. The van der Waals surface area contributed by atoms with Gasteiger partial charge in [0.05, 0.1) is 14.8 Å². The first-order valence-corrected chi connectivity index (χ1v) is 32.9. The molecule has 0 radical (unpaired) electrons. The van der Waals surface area contributed by atoms with E-state index in [4.69, 9.17) is 19.0 Å². The number of ether oxygens (including phenoxy) is 1. The van der Waals surface area contributed by atoms with E-state index in [9.17, 15) is 8.22 Å². The summed E-state index contributed by atoms with van der Waals surface area (Å²) in [4.78, 5) is 13.0. The molecule has 0 saturated carbocycles. The summed E-state index contributed by atoms with van der Waals surface area (Å²) >= 11 is 1.56. The molecule has 8 heteroatoms. The van der Waals surface area contributed by atoms with Gasteiger partial charge in [-0.3, -0.25) is 0 Å². The smallest absolute Gasteiger partial charge is 0.204 e. The van der Waals surface area contributed by atoms with Crippen molar-refractivity contribution in [1.82, 2.24) is 9.55 Å². The first kappa shape index (κ1) is 56.1. The molecule has 12 aromatic rings. The summed E-state index contributed by atoms with van der Waals surface area (Å²) in [5.74, 6) is 1.07. The Hall–Kier alpha value is -8.27. The Kier molecular flexibility index (Phi) is 14.3. The Bertz CT molecular complexity index is 5370.